The summed E-state index contributed by atoms with van der Waals surface area (Å²) in [6.45, 7) is 7.42. The highest BCUT2D eigenvalue weighted by molar-refractivity contribution is 5.89. The largest absolute Gasteiger partial charge is 0.458 e. The lowest BCUT2D eigenvalue weighted by Crippen LogP contribution is -2.56. The normalized spacial score (nSPS) is 42.3. The molecule has 0 spiro atoms. The average Bonchev–Trinajstić information content (AvgIpc) is 3.28. The van der Waals surface area contributed by atoms with E-state index in [2.05, 4.69) is 19.9 Å². The number of carbonyl (C=O) groups excluding carboxylic acids is 2. The first-order valence-electron chi connectivity index (χ1n) is 15.0. The zero-order chi connectivity index (χ0) is 26.5. The summed E-state index contributed by atoms with van der Waals surface area (Å²) in [5.74, 6) is 1.72. The number of fused-ring (bicyclic) bond motifs is 5. The second kappa shape index (κ2) is 10.2. The minimum absolute atomic E-state index is 0.00918. The van der Waals surface area contributed by atoms with Crippen LogP contribution in [0, 0.1) is 34.5 Å². The van der Waals surface area contributed by atoms with Gasteiger partial charge in [0.2, 0.25) is 0 Å². The van der Waals surface area contributed by atoms with Crippen LogP contribution in [-0.2, 0) is 19.0 Å². The van der Waals surface area contributed by atoms with Crippen molar-refractivity contribution in [3.8, 4) is 0 Å². The molecule has 0 N–H and O–H groups in total. The molecule has 0 radical (unpaired) electrons. The van der Waals surface area contributed by atoms with Crippen LogP contribution < -0.4 is 0 Å². The van der Waals surface area contributed by atoms with Crippen molar-refractivity contribution in [1.82, 2.24) is 0 Å². The second-order valence-electron chi connectivity index (χ2n) is 13.2. The van der Waals surface area contributed by atoms with Crippen LogP contribution in [0.3, 0.4) is 0 Å². The van der Waals surface area contributed by atoms with Crippen LogP contribution in [0.4, 0.5) is 0 Å². The smallest absolute Gasteiger partial charge is 0.338 e. The molecule has 0 bridgehead atoms. The molecule has 1 aromatic rings. The van der Waals surface area contributed by atoms with Gasteiger partial charge in [0.05, 0.1) is 11.7 Å². The van der Waals surface area contributed by atoms with Gasteiger partial charge in [-0.05, 0) is 105 Å². The van der Waals surface area contributed by atoms with Crippen molar-refractivity contribution in [2.75, 3.05) is 6.61 Å². The number of hydrogen-bond donors (Lipinski definition) is 0. The molecule has 1 aromatic carbocycles. The maximum Gasteiger partial charge on any atom is 0.338 e. The van der Waals surface area contributed by atoms with Crippen LogP contribution in [0.15, 0.2) is 42.0 Å². The summed E-state index contributed by atoms with van der Waals surface area (Å²) in [5, 5.41) is 0. The van der Waals surface area contributed by atoms with Gasteiger partial charge in [0.15, 0.2) is 6.29 Å². The van der Waals surface area contributed by atoms with E-state index in [1.54, 1.807) is 6.92 Å². The predicted molar refractivity (Wildman–Crippen MR) is 145 cm³/mol. The molecule has 4 fully saturated rings. The zero-order valence-corrected chi connectivity index (χ0v) is 23.3. The molecule has 1 unspecified atom stereocenters. The summed E-state index contributed by atoms with van der Waals surface area (Å²) in [7, 11) is 0. The number of carbonyl (C=O) groups is 2. The van der Waals surface area contributed by atoms with E-state index in [1.165, 1.54) is 5.57 Å². The van der Waals surface area contributed by atoms with Gasteiger partial charge in [-0.15, -0.1) is 0 Å². The lowest BCUT2D eigenvalue weighted by Gasteiger charge is -2.59. The molecule has 1 heterocycles. The zero-order valence-electron chi connectivity index (χ0n) is 23.3. The summed E-state index contributed by atoms with van der Waals surface area (Å²) < 4.78 is 18.9. The number of rotatable bonds is 5. The molecule has 9 atom stereocenters. The fraction of sp³-hybridized carbons (Fsp3) is 0.697. The minimum atomic E-state index is -0.230. The topological polar surface area (TPSA) is 61.8 Å². The maximum atomic E-state index is 12.8. The third kappa shape index (κ3) is 4.48. The molecule has 3 saturated carbocycles. The molecule has 1 aliphatic heterocycles. The molecule has 38 heavy (non-hydrogen) atoms. The molecule has 206 valence electrons. The van der Waals surface area contributed by atoms with E-state index in [0.717, 1.165) is 70.8 Å². The van der Waals surface area contributed by atoms with Gasteiger partial charge >= 0.3 is 5.97 Å². The highest BCUT2D eigenvalue weighted by atomic mass is 16.7. The van der Waals surface area contributed by atoms with Gasteiger partial charge in [-0.1, -0.05) is 43.7 Å². The highest BCUT2D eigenvalue weighted by Crippen LogP contribution is 2.66. The Balaban J connectivity index is 1.29. The third-order valence-corrected chi connectivity index (χ3v) is 11.3. The summed E-state index contributed by atoms with van der Waals surface area (Å²) in [6, 6.07) is 9.32. The van der Waals surface area contributed by atoms with Crippen LogP contribution in [0.5, 0.6) is 0 Å². The second-order valence-corrected chi connectivity index (χ2v) is 13.2. The van der Waals surface area contributed by atoms with Crippen LogP contribution in [0.2, 0.25) is 0 Å². The van der Waals surface area contributed by atoms with E-state index in [9.17, 15) is 9.59 Å². The van der Waals surface area contributed by atoms with Gasteiger partial charge in [-0.2, -0.15) is 0 Å². The van der Waals surface area contributed by atoms with Crippen molar-refractivity contribution >= 4 is 11.8 Å². The van der Waals surface area contributed by atoms with Gasteiger partial charge in [0.1, 0.15) is 11.9 Å². The third-order valence-electron chi connectivity index (χ3n) is 11.3. The predicted octanol–water partition coefficient (Wildman–Crippen LogP) is 6.90. The molecule has 0 amide bonds. The Morgan fingerprint density at radius 1 is 0.947 bits per heavy atom. The van der Waals surface area contributed by atoms with Crippen LogP contribution in [0.25, 0.3) is 0 Å². The molecule has 0 aromatic heterocycles. The van der Waals surface area contributed by atoms with E-state index < -0.39 is 0 Å². The van der Waals surface area contributed by atoms with Crippen LogP contribution in [0.1, 0.15) is 95.3 Å². The van der Waals surface area contributed by atoms with Crippen LogP contribution >= 0.6 is 0 Å². The number of ketones is 1. The van der Waals surface area contributed by atoms with Gasteiger partial charge in [0, 0.05) is 18.9 Å². The van der Waals surface area contributed by atoms with Crippen molar-refractivity contribution in [2.45, 2.75) is 103 Å². The fourth-order valence-corrected chi connectivity index (χ4v) is 9.28. The first-order valence-corrected chi connectivity index (χ1v) is 15.0. The van der Waals surface area contributed by atoms with Crippen molar-refractivity contribution in [3.63, 3.8) is 0 Å². The summed E-state index contributed by atoms with van der Waals surface area (Å²) in [5.41, 5.74) is 2.17. The molecule has 1 saturated heterocycles. The van der Waals surface area contributed by atoms with E-state index in [1.807, 2.05) is 30.3 Å². The van der Waals surface area contributed by atoms with E-state index >= 15 is 0 Å². The van der Waals surface area contributed by atoms with Gasteiger partial charge in [-0.3, -0.25) is 4.79 Å². The Morgan fingerprint density at radius 2 is 1.76 bits per heavy atom. The van der Waals surface area contributed by atoms with E-state index in [-0.39, 0.29) is 41.2 Å². The Hall–Kier alpha value is -1.98. The monoisotopic (exact) mass is 520 g/mol. The molecular formula is C33H44O5. The standard InChI is InChI=1S/C33H44O5/c1-21(34)25-12-13-26-30-27(15-17-33(25,26)3)32(2)16-14-24(37-31(35)22-9-5-4-6-10-22)19-23(32)20-28(30)38-29-11-7-8-18-36-29/h4-6,9-10,20,24-30H,7-8,11-19H2,1-3H3/t24-,25+,26-,27-,28+,29?,30-,32-,33+/m0/s1. The highest BCUT2D eigenvalue weighted by Gasteiger charge is 2.62. The Bertz CT molecular complexity index is 1070. The lowest BCUT2D eigenvalue weighted by atomic mass is 9.46. The first-order chi connectivity index (χ1) is 18.3. The molecule has 5 aliphatic rings. The Labute approximate surface area is 227 Å². The number of esters is 1. The number of benzene rings is 1. The molecule has 5 heteroatoms. The van der Waals surface area contributed by atoms with Gasteiger partial charge in [-0.25, -0.2) is 4.79 Å². The molecule has 5 nitrogen and oxygen atoms in total. The summed E-state index contributed by atoms with van der Waals surface area (Å²) >= 11 is 0. The van der Waals surface area contributed by atoms with Crippen molar-refractivity contribution in [3.05, 3.63) is 47.5 Å². The number of Topliss-reactive ketones (excluding diaryl/α,β-unsaturated/α-hetero) is 1. The SMILES string of the molecule is CC(=O)[C@H]1CC[C@H]2[C@@H]3[C@H](OC4CCCCO4)C=C4C[C@@H](OC(=O)c5ccccc5)CC[C@]4(C)[C@H]3CC[C@]12C. The Morgan fingerprint density at radius 3 is 2.50 bits per heavy atom. The van der Waals surface area contributed by atoms with E-state index in [4.69, 9.17) is 14.2 Å². The molecule has 6 rings (SSSR count). The lowest BCUT2D eigenvalue weighted by molar-refractivity contribution is -0.212. The van der Waals surface area contributed by atoms with E-state index in [0.29, 0.717) is 29.1 Å². The number of hydrogen-bond acceptors (Lipinski definition) is 5. The van der Waals surface area contributed by atoms with Gasteiger partial charge < -0.3 is 14.2 Å². The van der Waals surface area contributed by atoms with Crippen LogP contribution in [-0.4, -0.2) is 36.9 Å². The Kier molecular flexibility index (Phi) is 7.05. The van der Waals surface area contributed by atoms with Gasteiger partial charge in [0.25, 0.3) is 0 Å². The molecular weight excluding hydrogens is 476 g/mol. The molecule has 4 aliphatic carbocycles. The number of ether oxygens (including phenoxy) is 3. The summed E-state index contributed by atoms with van der Waals surface area (Å²) in [4.78, 5) is 25.5. The van der Waals surface area contributed by atoms with Crippen molar-refractivity contribution in [2.24, 2.45) is 34.5 Å². The van der Waals surface area contributed by atoms with Crippen molar-refractivity contribution in [1.29, 1.82) is 0 Å². The van der Waals surface area contributed by atoms with Crippen molar-refractivity contribution < 1.29 is 23.8 Å². The average molecular weight is 521 g/mol. The first kappa shape index (κ1) is 26.3. The minimum Gasteiger partial charge on any atom is -0.458 e. The summed E-state index contributed by atoms with van der Waals surface area (Å²) in [6.07, 6.45) is 12.4. The maximum absolute atomic E-state index is 12.8. The fourth-order valence-electron chi connectivity index (χ4n) is 9.28. The quantitative estimate of drug-likeness (QED) is 0.312.